The van der Waals surface area contributed by atoms with Crippen LogP contribution in [0.1, 0.15) is 11.1 Å². The molecular weight excluding hydrogens is 745 g/mol. The van der Waals surface area contributed by atoms with Crippen LogP contribution < -0.4 is 10.6 Å². The lowest BCUT2D eigenvalue weighted by atomic mass is 9.98. The summed E-state index contributed by atoms with van der Waals surface area (Å²) in [5.74, 6) is 1.51. The van der Waals surface area contributed by atoms with E-state index in [1.165, 1.54) is 0 Å². The molecule has 0 atom stereocenters. The number of para-hydroxylation sites is 3. The number of nitrogens with zero attached hydrogens (tertiary/aromatic N) is 5. The summed E-state index contributed by atoms with van der Waals surface area (Å²) in [5.41, 5.74) is 20.3. The predicted molar refractivity (Wildman–Crippen MR) is 254 cm³/mol. The molecular formula is C55H42N6. The van der Waals surface area contributed by atoms with Crippen molar-refractivity contribution in [3.8, 4) is 50.7 Å². The van der Waals surface area contributed by atoms with Crippen LogP contribution in [0.3, 0.4) is 0 Å². The third kappa shape index (κ3) is 7.10. The lowest BCUT2D eigenvalue weighted by Gasteiger charge is -2.27. The van der Waals surface area contributed by atoms with E-state index >= 15 is 0 Å². The van der Waals surface area contributed by atoms with Gasteiger partial charge in [-0.25, -0.2) is 9.97 Å². The first-order valence-electron chi connectivity index (χ1n) is 20.5. The first-order chi connectivity index (χ1) is 30.1. The monoisotopic (exact) mass is 786 g/mol. The van der Waals surface area contributed by atoms with Crippen LogP contribution in [0.25, 0.3) is 72.5 Å². The van der Waals surface area contributed by atoms with Crippen molar-refractivity contribution >= 4 is 39.0 Å². The number of anilines is 2. The van der Waals surface area contributed by atoms with Gasteiger partial charge in [-0.1, -0.05) is 188 Å². The topological polar surface area (TPSA) is 72.3 Å². The molecule has 0 saturated carbocycles. The van der Waals surface area contributed by atoms with Crippen molar-refractivity contribution < 1.29 is 0 Å². The third-order valence-corrected chi connectivity index (χ3v) is 11.2. The van der Waals surface area contributed by atoms with Gasteiger partial charge in [-0.05, 0) is 29.8 Å². The minimum atomic E-state index is 0.515. The van der Waals surface area contributed by atoms with E-state index in [1.54, 1.807) is 0 Å². The Balaban J connectivity index is 1.28. The molecule has 10 aromatic rings. The molecule has 6 heteroatoms. The molecule has 2 heterocycles. The van der Waals surface area contributed by atoms with Gasteiger partial charge in [0.05, 0.1) is 40.3 Å². The summed E-state index contributed by atoms with van der Waals surface area (Å²) in [5, 5.41) is 2.24. The highest BCUT2D eigenvalue weighted by molar-refractivity contribution is 6.21. The second kappa shape index (κ2) is 16.3. The van der Waals surface area contributed by atoms with Gasteiger partial charge in [0.2, 0.25) is 0 Å². The zero-order valence-corrected chi connectivity index (χ0v) is 33.7. The average Bonchev–Trinajstić information content (AvgIpc) is 3.67. The maximum atomic E-state index is 6.87. The zero-order valence-electron chi connectivity index (χ0n) is 33.7. The molecule has 0 fully saturated rings. The number of nitrogens with two attached hydrogens (primary N) is 1. The molecule has 8 aromatic carbocycles. The van der Waals surface area contributed by atoms with Gasteiger partial charge in [0.1, 0.15) is 5.84 Å². The van der Waals surface area contributed by atoms with Gasteiger partial charge < -0.3 is 15.2 Å². The molecule has 0 spiro atoms. The SMILES string of the molecule is CN(/C(=N\Cc1ccccc1)c1ccccc1)c1c(-c2ccccc2N)ccc2c3ccccc3n(-c3ccccc3-c3cc(-c4ccccc4)nc(-c4ccccc4)n3)c12. The summed E-state index contributed by atoms with van der Waals surface area (Å²) in [6, 6.07) is 73.3. The van der Waals surface area contributed by atoms with Crippen LogP contribution in [0, 0.1) is 0 Å². The normalized spacial score (nSPS) is 11.6. The van der Waals surface area contributed by atoms with Crippen molar-refractivity contribution in [1.82, 2.24) is 14.5 Å². The smallest absolute Gasteiger partial charge is 0.160 e. The van der Waals surface area contributed by atoms with Crippen molar-refractivity contribution in [2.45, 2.75) is 6.54 Å². The minimum absolute atomic E-state index is 0.515. The molecule has 0 aliphatic heterocycles. The molecule has 6 nitrogen and oxygen atoms in total. The minimum Gasteiger partial charge on any atom is -0.398 e. The number of hydrogen-bond donors (Lipinski definition) is 1. The van der Waals surface area contributed by atoms with Crippen LogP contribution in [0.5, 0.6) is 0 Å². The Morgan fingerprint density at radius 2 is 1.13 bits per heavy atom. The Morgan fingerprint density at radius 3 is 1.87 bits per heavy atom. The zero-order chi connectivity index (χ0) is 41.1. The van der Waals surface area contributed by atoms with Gasteiger partial charge >= 0.3 is 0 Å². The summed E-state index contributed by atoms with van der Waals surface area (Å²) in [6.45, 7) is 0.515. The van der Waals surface area contributed by atoms with Gasteiger partial charge in [0.15, 0.2) is 5.82 Å². The molecule has 0 bridgehead atoms. The molecule has 2 N–H and O–H groups in total. The van der Waals surface area contributed by atoms with E-state index in [0.29, 0.717) is 18.1 Å². The van der Waals surface area contributed by atoms with Gasteiger partial charge in [-0.2, -0.15) is 0 Å². The van der Waals surface area contributed by atoms with E-state index in [4.69, 9.17) is 20.7 Å². The Morgan fingerprint density at radius 1 is 0.541 bits per heavy atom. The number of fused-ring (bicyclic) bond motifs is 3. The fourth-order valence-electron chi connectivity index (χ4n) is 8.37. The quantitative estimate of drug-likeness (QED) is 0.0898. The highest BCUT2D eigenvalue weighted by atomic mass is 15.2. The van der Waals surface area contributed by atoms with E-state index in [-0.39, 0.29) is 0 Å². The van der Waals surface area contributed by atoms with Crippen LogP contribution >= 0.6 is 0 Å². The molecule has 292 valence electrons. The van der Waals surface area contributed by atoms with E-state index < -0.39 is 0 Å². The molecule has 0 saturated heterocycles. The molecule has 0 amide bonds. The highest BCUT2D eigenvalue weighted by Gasteiger charge is 2.26. The summed E-state index contributed by atoms with van der Waals surface area (Å²) in [4.78, 5) is 18.1. The molecule has 2 aromatic heterocycles. The van der Waals surface area contributed by atoms with Crippen molar-refractivity contribution in [1.29, 1.82) is 0 Å². The molecule has 10 rings (SSSR count). The lowest BCUT2D eigenvalue weighted by molar-refractivity contribution is 1.05. The second-order valence-electron chi connectivity index (χ2n) is 15.1. The number of aliphatic imine (C=N–C) groups is 1. The lowest BCUT2D eigenvalue weighted by Crippen LogP contribution is -2.29. The average molecular weight is 787 g/mol. The second-order valence-corrected chi connectivity index (χ2v) is 15.1. The highest BCUT2D eigenvalue weighted by Crippen LogP contribution is 2.46. The van der Waals surface area contributed by atoms with Crippen LogP contribution in [0.15, 0.2) is 217 Å². The van der Waals surface area contributed by atoms with Gasteiger partial charge in [-0.3, -0.25) is 4.99 Å². The molecule has 0 radical (unpaired) electrons. The van der Waals surface area contributed by atoms with Crippen LogP contribution in [-0.4, -0.2) is 27.4 Å². The van der Waals surface area contributed by atoms with Crippen LogP contribution in [0.2, 0.25) is 0 Å². The van der Waals surface area contributed by atoms with Gasteiger partial charge in [-0.15, -0.1) is 0 Å². The standard InChI is InChI=1S/C55H42N6/c1-60(55(41-26-12-5-13-27-41)57-37-38-20-6-2-7-21-38)52-44(42-28-14-17-31-47(42)56)34-35-45-43-29-15-18-32-50(43)61(53(45)52)51-33-19-16-30-46(51)49-36-48(39-22-8-3-9-23-39)58-54(59-49)40-24-10-4-11-25-40/h2-36H,37,56H2,1H3/b57-55-. The first kappa shape index (κ1) is 37.2. The van der Waals surface area contributed by atoms with Crippen LogP contribution in [0.4, 0.5) is 11.4 Å². The Bertz CT molecular complexity index is 3120. The Hall–Kier alpha value is -8.09. The summed E-state index contributed by atoms with van der Waals surface area (Å²) >= 11 is 0. The largest absolute Gasteiger partial charge is 0.398 e. The fourth-order valence-corrected chi connectivity index (χ4v) is 8.37. The number of hydrogen-bond acceptors (Lipinski definition) is 4. The fraction of sp³-hybridized carbons (Fsp3) is 0.0364. The molecule has 0 aliphatic rings. The summed E-state index contributed by atoms with van der Waals surface area (Å²) in [7, 11) is 2.13. The number of rotatable bonds is 9. The maximum Gasteiger partial charge on any atom is 0.160 e. The number of aromatic nitrogens is 3. The van der Waals surface area contributed by atoms with Crippen molar-refractivity contribution in [3.63, 3.8) is 0 Å². The van der Waals surface area contributed by atoms with E-state index in [1.807, 2.05) is 60.7 Å². The van der Waals surface area contributed by atoms with Crippen molar-refractivity contribution in [3.05, 3.63) is 223 Å². The Labute approximate surface area is 355 Å². The first-order valence-corrected chi connectivity index (χ1v) is 20.5. The summed E-state index contributed by atoms with van der Waals surface area (Å²) in [6.07, 6.45) is 0. The van der Waals surface area contributed by atoms with Crippen molar-refractivity contribution in [2.75, 3.05) is 17.7 Å². The number of nitrogen functional groups attached to an aromatic ring is 1. The molecule has 0 aliphatic carbocycles. The summed E-state index contributed by atoms with van der Waals surface area (Å²) < 4.78 is 2.40. The van der Waals surface area contributed by atoms with E-state index in [9.17, 15) is 0 Å². The van der Waals surface area contributed by atoms with E-state index in [0.717, 1.165) is 89.3 Å². The molecule has 61 heavy (non-hydrogen) atoms. The third-order valence-electron chi connectivity index (χ3n) is 11.2. The van der Waals surface area contributed by atoms with Crippen molar-refractivity contribution in [2.24, 2.45) is 4.99 Å². The van der Waals surface area contributed by atoms with Crippen LogP contribution in [-0.2, 0) is 6.54 Å². The maximum absolute atomic E-state index is 6.87. The van der Waals surface area contributed by atoms with Gasteiger partial charge in [0, 0.05) is 56.9 Å². The number of benzene rings is 8. The van der Waals surface area contributed by atoms with Gasteiger partial charge in [0.25, 0.3) is 0 Å². The molecule has 0 unspecified atom stereocenters. The Kier molecular flexibility index (Phi) is 9.93. The predicted octanol–water partition coefficient (Wildman–Crippen LogP) is 12.9. The number of amidine groups is 1. The van der Waals surface area contributed by atoms with E-state index in [2.05, 4.69) is 168 Å².